The Morgan fingerprint density at radius 2 is 2.20 bits per heavy atom. The minimum Gasteiger partial charge on any atom is -0.381 e. The van der Waals surface area contributed by atoms with Gasteiger partial charge in [-0.1, -0.05) is 19.9 Å². The fourth-order valence-corrected chi connectivity index (χ4v) is 3.66. The van der Waals surface area contributed by atoms with Gasteiger partial charge in [0.05, 0.1) is 11.0 Å². The fraction of sp³-hybridized carbons (Fsp3) is 0.600. The van der Waals surface area contributed by atoms with Crippen molar-refractivity contribution < 1.29 is 9.66 Å². The Morgan fingerprint density at radius 1 is 1.45 bits per heavy atom. The first-order chi connectivity index (χ1) is 9.41. The number of non-ortho nitro benzene ring substituents is 1. The number of hydrogen-bond donors (Lipinski definition) is 1. The summed E-state index contributed by atoms with van der Waals surface area (Å²) in [6.45, 7) is 7.19. The summed E-state index contributed by atoms with van der Waals surface area (Å²) < 4.78 is 5.78. The predicted molar refractivity (Wildman–Crippen MR) is 76.9 cm³/mol. The van der Waals surface area contributed by atoms with Gasteiger partial charge in [0.15, 0.2) is 0 Å². The highest BCUT2D eigenvalue weighted by atomic mass is 16.6. The van der Waals surface area contributed by atoms with E-state index in [-0.39, 0.29) is 16.0 Å². The number of rotatable bonds is 3. The molecule has 1 aromatic rings. The highest BCUT2D eigenvalue weighted by Crippen LogP contribution is 2.53. The molecule has 0 amide bonds. The Balaban J connectivity index is 1.84. The Labute approximate surface area is 118 Å². The van der Waals surface area contributed by atoms with Crippen LogP contribution in [0.2, 0.25) is 0 Å². The predicted octanol–water partition coefficient (Wildman–Crippen LogP) is 3.13. The molecule has 108 valence electrons. The molecule has 1 N–H and O–H groups in total. The lowest BCUT2D eigenvalue weighted by atomic mass is 9.57. The molecule has 0 aromatic heterocycles. The molecule has 1 aliphatic heterocycles. The van der Waals surface area contributed by atoms with Crippen molar-refractivity contribution in [1.29, 1.82) is 0 Å². The number of nitrogens with one attached hydrogen (secondary N) is 1. The van der Waals surface area contributed by atoms with Crippen LogP contribution >= 0.6 is 0 Å². The second kappa shape index (κ2) is 4.45. The molecule has 20 heavy (non-hydrogen) atoms. The quantitative estimate of drug-likeness (QED) is 0.680. The van der Waals surface area contributed by atoms with Gasteiger partial charge in [0.25, 0.3) is 5.69 Å². The number of ether oxygens (including phenoxy) is 1. The van der Waals surface area contributed by atoms with E-state index >= 15 is 0 Å². The molecule has 1 aliphatic carbocycles. The lowest BCUT2D eigenvalue weighted by Gasteiger charge is -2.55. The third kappa shape index (κ3) is 1.88. The Kier molecular flexibility index (Phi) is 2.97. The SMILES string of the molecule is Cc1ccc([N+](=O)[O-])cc1NC1C2CCOC2C1(C)C. The zero-order valence-electron chi connectivity index (χ0n) is 12.1. The summed E-state index contributed by atoms with van der Waals surface area (Å²) in [5, 5.41) is 14.4. The number of nitro groups is 1. The number of hydrogen-bond acceptors (Lipinski definition) is 4. The number of aryl methyl sites for hydroxylation is 1. The third-order valence-electron chi connectivity index (χ3n) is 4.84. The molecule has 0 bridgehead atoms. The van der Waals surface area contributed by atoms with Gasteiger partial charge in [0, 0.05) is 41.8 Å². The van der Waals surface area contributed by atoms with Gasteiger partial charge in [-0.05, 0) is 18.9 Å². The maximum Gasteiger partial charge on any atom is 0.271 e. The highest BCUT2D eigenvalue weighted by molar-refractivity contribution is 5.58. The molecule has 1 heterocycles. The minimum absolute atomic E-state index is 0.0677. The van der Waals surface area contributed by atoms with E-state index in [2.05, 4.69) is 19.2 Å². The van der Waals surface area contributed by atoms with Crippen molar-refractivity contribution in [3.8, 4) is 0 Å². The van der Waals surface area contributed by atoms with Gasteiger partial charge in [-0.3, -0.25) is 10.1 Å². The summed E-state index contributed by atoms with van der Waals surface area (Å²) in [4.78, 5) is 10.6. The number of nitrogens with zero attached hydrogens (tertiary/aromatic N) is 1. The van der Waals surface area contributed by atoms with Crippen LogP contribution in [0.25, 0.3) is 0 Å². The average Bonchev–Trinajstić information content (AvgIpc) is 2.84. The van der Waals surface area contributed by atoms with Crippen LogP contribution in [0.3, 0.4) is 0 Å². The normalized spacial score (nSPS) is 30.4. The lowest BCUT2D eigenvalue weighted by Crippen LogP contribution is -2.63. The molecule has 1 aromatic carbocycles. The molecular formula is C15H20N2O3. The molecule has 3 rings (SSSR count). The van der Waals surface area contributed by atoms with Crippen LogP contribution in [-0.4, -0.2) is 23.7 Å². The first kappa shape index (κ1) is 13.4. The highest BCUT2D eigenvalue weighted by Gasteiger charge is 2.59. The molecule has 0 radical (unpaired) electrons. The van der Waals surface area contributed by atoms with Crippen molar-refractivity contribution in [2.24, 2.45) is 11.3 Å². The number of fused-ring (bicyclic) bond motifs is 1. The van der Waals surface area contributed by atoms with Crippen molar-refractivity contribution in [3.63, 3.8) is 0 Å². The summed E-state index contributed by atoms with van der Waals surface area (Å²) in [6, 6.07) is 5.30. The molecule has 1 saturated carbocycles. The largest absolute Gasteiger partial charge is 0.381 e. The number of anilines is 1. The maximum atomic E-state index is 10.9. The maximum absolute atomic E-state index is 10.9. The lowest BCUT2D eigenvalue weighted by molar-refractivity contribution is -0.384. The standard InChI is InChI=1S/C15H20N2O3/c1-9-4-5-10(17(18)19)8-12(9)16-13-11-6-7-20-14(11)15(13,2)3/h4-5,8,11,13-14,16H,6-7H2,1-3H3. The first-order valence-electron chi connectivity index (χ1n) is 7.04. The van der Waals surface area contributed by atoms with E-state index in [0.29, 0.717) is 18.1 Å². The van der Waals surface area contributed by atoms with Crippen LogP contribution < -0.4 is 5.32 Å². The van der Waals surface area contributed by atoms with Crippen LogP contribution in [0.1, 0.15) is 25.8 Å². The Hall–Kier alpha value is -1.62. The van der Waals surface area contributed by atoms with E-state index in [1.54, 1.807) is 18.2 Å². The van der Waals surface area contributed by atoms with Crippen molar-refractivity contribution in [3.05, 3.63) is 33.9 Å². The van der Waals surface area contributed by atoms with Gasteiger partial charge < -0.3 is 10.1 Å². The zero-order chi connectivity index (χ0) is 14.5. The van der Waals surface area contributed by atoms with Gasteiger partial charge >= 0.3 is 0 Å². The molecule has 5 nitrogen and oxygen atoms in total. The van der Waals surface area contributed by atoms with E-state index < -0.39 is 0 Å². The second-order valence-electron chi connectivity index (χ2n) is 6.44. The third-order valence-corrected chi connectivity index (χ3v) is 4.84. The van der Waals surface area contributed by atoms with E-state index in [1.807, 2.05) is 6.92 Å². The number of benzene rings is 1. The summed E-state index contributed by atoms with van der Waals surface area (Å²) in [5.41, 5.74) is 2.10. The second-order valence-corrected chi connectivity index (χ2v) is 6.44. The zero-order valence-corrected chi connectivity index (χ0v) is 12.1. The molecule has 3 atom stereocenters. The molecule has 1 saturated heterocycles. The van der Waals surface area contributed by atoms with Crippen LogP contribution in [0.5, 0.6) is 0 Å². The minimum atomic E-state index is -0.349. The fourth-order valence-electron chi connectivity index (χ4n) is 3.66. The summed E-state index contributed by atoms with van der Waals surface area (Å²) in [7, 11) is 0. The first-order valence-corrected chi connectivity index (χ1v) is 7.04. The van der Waals surface area contributed by atoms with Crippen molar-refractivity contribution in [1.82, 2.24) is 0 Å². The smallest absolute Gasteiger partial charge is 0.271 e. The van der Waals surface area contributed by atoms with Gasteiger partial charge in [-0.2, -0.15) is 0 Å². The molecular weight excluding hydrogens is 256 g/mol. The average molecular weight is 276 g/mol. The summed E-state index contributed by atoms with van der Waals surface area (Å²) in [6.07, 6.45) is 1.39. The Bertz CT molecular complexity index is 556. The van der Waals surface area contributed by atoms with E-state index in [0.717, 1.165) is 24.3 Å². The number of nitro benzene ring substituents is 1. The Morgan fingerprint density at radius 3 is 2.90 bits per heavy atom. The summed E-state index contributed by atoms with van der Waals surface area (Å²) in [5.74, 6) is 0.517. The molecule has 0 spiro atoms. The monoisotopic (exact) mass is 276 g/mol. The van der Waals surface area contributed by atoms with Gasteiger partial charge in [0.1, 0.15) is 0 Å². The molecule has 3 unspecified atom stereocenters. The topological polar surface area (TPSA) is 64.4 Å². The molecule has 2 aliphatic rings. The van der Waals surface area contributed by atoms with E-state index in [1.165, 1.54) is 0 Å². The van der Waals surface area contributed by atoms with E-state index in [9.17, 15) is 10.1 Å². The van der Waals surface area contributed by atoms with Crippen LogP contribution in [0.15, 0.2) is 18.2 Å². The van der Waals surface area contributed by atoms with Crippen LogP contribution in [-0.2, 0) is 4.74 Å². The van der Waals surface area contributed by atoms with E-state index in [4.69, 9.17) is 4.74 Å². The van der Waals surface area contributed by atoms with Gasteiger partial charge in [0.2, 0.25) is 0 Å². The molecule has 2 fully saturated rings. The van der Waals surface area contributed by atoms with Crippen LogP contribution in [0.4, 0.5) is 11.4 Å². The van der Waals surface area contributed by atoms with Crippen molar-refractivity contribution >= 4 is 11.4 Å². The summed E-state index contributed by atoms with van der Waals surface area (Å²) >= 11 is 0. The van der Waals surface area contributed by atoms with Gasteiger partial charge in [-0.25, -0.2) is 0 Å². The van der Waals surface area contributed by atoms with Crippen LogP contribution in [0, 0.1) is 28.4 Å². The van der Waals surface area contributed by atoms with Gasteiger partial charge in [-0.15, -0.1) is 0 Å². The van der Waals surface area contributed by atoms with Crippen molar-refractivity contribution in [2.45, 2.75) is 39.3 Å². The van der Waals surface area contributed by atoms with Crippen molar-refractivity contribution in [2.75, 3.05) is 11.9 Å². The molecule has 5 heteroatoms.